The monoisotopic (exact) mass is 305 g/mol. The van der Waals surface area contributed by atoms with Gasteiger partial charge in [0.1, 0.15) is 0 Å². The first-order valence-corrected chi connectivity index (χ1v) is 6.51. The second-order valence-electron chi connectivity index (χ2n) is 4.10. The normalized spacial score (nSPS) is 14.8. The highest BCUT2D eigenvalue weighted by molar-refractivity contribution is 9.10. The smallest absolute Gasteiger partial charge is 0.0526 e. The molecule has 2 atom stereocenters. The summed E-state index contributed by atoms with van der Waals surface area (Å²) in [5.41, 5.74) is 1.07. The van der Waals surface area contributed by atoms with Crippen LogP contribution in [-0.4, -0.2) is 17.3 Å². The summed E-state index contributed by atoms with van der Waals surface area (Å²) in [7, 11) is 0. The van der Waals surface area contributed by atoms with Crippen LogP contribution in [0.4, 0.5) is 0 Å². The third-order valence-electron chi connectivity index (χ3n) is 2.35. The highest BCUT2D eigenvalue weighted by Crippen LogP contribution is 2.21. The first kappa shape index (κ1) is 14.0. The molecule has 16 heavy (non-hydrogen) atoms. The van der Waals surface area contributed by atoms with Gasteiger partial charge in [-0.3, -0.25) is 0 Å². The molecule has 0 aliphatic rings. The zero-order valence-corrected chi connectivity index (χ0v) is 11.8. The molecule has 1 rings (SSSR count). The highest BCUT2D eigenvalue weighted by atomic mass is 79.9. The zero-order chi connectivity index (χ0) is 12.1. The first-order valence-electron chi connectivity index (χ1n) is 5.34. The van der Waals surface area contributed by atoms with E-state index in [-0.39, 0.29) is 12.1 Å². The lowest BCUT2D eigenvalue weighted by atomic mass is 10.1. The van der Waals surface area contributed by atoms with E-state index in [1.807, 2.05) is 18.2 Å². The highest BCUT2D eigenvalue weighted by Gasteiger charge is 2.07. The number of hydrogen-bond acceptors (Lipinski definition) is 2. The van der Waals surface area contributed by atoms with Crippen molar-refractivity contribution < 1.29 is 5.11 Å². The molecule has 0 amide bonds. The van der Waals surface area contributed by atoms with E-state index >= 15 is 0 Å². The number of aliphatic hydroxyl groups is 1. The summed E-state index contributed by atoms with van der Waals surface area (Å²) in [6.07, 6.45) is 0.469. The van der Waals surface area contributed by atoms with Crippen LogP contribution >= 0.6 is 27.5 Å². The molecule has 0 saturated heterocycles. The number of rotatable bonds is 5. The summed E-state index contributed by atoms with van der Waals surface area (Å²) < 4.78 is 0.985. The fourth-order valence-electron chi connectivity index (χ4n) is 1.54. The molecule has 1 aromatic carbocycles. The van der Waals surface area contributed by atoms with Crippen LogP contribution in [0.1, 0.15) is 25.8 Å². The van der Waals surface area contributed by atoms with Crippen molar-refractivity contribution in [3.05, 3.63) is 33.3 Å². The largest absolute Gasteiger partial charge is 0.393 e. The summed E-state index contributed by atoms with van der Waals surface area (Å²) in [5.74, 6) is 0. The van der Waals surface area contributed by atoms with Crippen molar-refractivity contribution in [1.82, 2.24) is 5.32 Å². The van der Waals surface area contributed by atoms with Crippen LogP contribution in [0.15, 0.2) is 22.7 Å². The van der Waals surface area contributed by atoms with Gasteiger partial charge in [0.05, 0.1) is 6.10 Å². The number of hydrogen-bond donors (Lipinski definition) is 2. The van der Waals surface area contributed by atoms with Crippen molar-refractivity contribution in [2.24, 2.45) is 0 Å². The van der Waals surface area contributed by atoms with Crippen molar-refractivity contribution >= 4 is 27.5 Å². The van der Waals surface area contributed by atoms with Gasteiger partial charge >= 0.3 is 0 Å². The Morgan fingerprint density at radius 2 is 2.12 bits per heavy atom. The minimum absolute atomic E-state index is 0.275. The second-order valence-corrected chi connectivity index (χ2v) is 5.43. The summed E-state index contributed by atoms with van der Waals surface area (Å²) in [5, 5.41) is 13.3. The van der Waals surface area contributed by atoms with Gasteiger partial charge < -0.3 is 10.4 Å². The average Bonchev–Trinajstić information content (AvgIpc) is 2.15. The molecule has 0 bridgehead atoms. The van der Waals surface area contributed by atoms with E-state index in [1.165, 1.54) is 0 Å². The molecular formula is C12H17BrClNO. The molecule has 4 heteroatoms. The van der Waals surface area contributed by atoms with Crippen molar-refractivity contribution in [2.75, 3.05) is 0 Å². The molecule has 0 aliphatic heterocycles. The van der Waals surface area contributed by atoms with Crippen molar-refractivity contribution in [3.8, 4) is 0 Å². The Hall–Kier alpha value is -0.0900. The molecule has 90 valence electrons. The third kappa shape index (κ3) is 4.83. The van der Waals surface area contributed by atoms with E-state index in [1.54, 1.807) is 6.92 Å². The van der Waals surface area contributed by atoms with Crippen molar-refractivity contribution in [1.29, 1.82) is 0 Å². The fraction of sp³-hybridized carbons (Fsp3) is 0.500. The standard InChI is InChI=1S/C12H17BrClNO/c1-8(5-9(2)16)15-7-10-3-4-11(13)6-12(10)14/h3-4,6,8-9,15-16H,5,7H2,1-2H3. The summed E-state index contributed by atoms with van der Waals surface area (Å²) in [6, 6.07) is 6.13. The third-order valence-corrected chi connectivity index (χ3v) is 3.20. The van der Waals surface area contributed by atoms with Gasteiger partial charge in [-0.25, -0.2) is 0 Å². The van der Waals surface area contributed by atoms with Crippen LogP contribution in [0.3, 0.4) is 0 Å². The van der Waals surface area contributed by atoms with Gasteiger partial charge in [0.2, 0.25) is 0 Å². The van der Waals surface area contributed by atoms with Crippen LogP contribution in [0.5, 0.6) is 0 Å². The maximum atomic E-state index is 9.24. The molecule has 2 nitrogen and oxygen atoms in total. The number of nitrogens with one attached hydrogen (secondary N) is 1. The Morgan fingerprint density at radius 1 is 1.44 bits per heavy atom. The molecule has 0 radical (unpaired) electrons. The maximum absolute atomic E-state index is 9.24. The number of aliphatic hydroxyl groups excluding tert-OH is 1. The summed E-state index contributed by atoms with van der Waals surface area (Å²) >= 11 is 9.47. The molecule has 0 spiro atoms. The quantitative estimate of drug-likeness (QED) is 0.874. The van der Waals surface area contributed by atoms with Crippen LogP contribution in [-0.2, 0) is 6.54 Å². The van der Waals surface area contributed by atoms with E-state index in [4.69, 9.17) is 11.6 Å². The van der Waals surface area contributed by atoms with Crippen LogP contribution < -0.4 is 5.32 Å². The molecular weight excluding hydrogens is 289 g/mol. The molecule has 2 unspecified atom stereocenters. The molecule has 2 N–H and O–H groups in total. The Balaban J connectivity index is 2.48. The minimum atomic E-state index is -0.275. The van der Waals surface area contributed by atoms with Gasteiger partial charge in [-0.2, -0.15) is 0 Å². The number of halogens is 2. The summed E-state index contributed by atoms with van der Waals surface area (Å²) in [6.45, 7) is 4.57. The maximum Gasteiger partial charge on any atom is 0.0526 e. The number of benzene rings is 1. The van der Waals surface area contributed by atoms with E-state index in [9.17, 15) is 5.11 Å². The molecule has 0 fully saturated rings. The topological polar surface area (TPSA) is 32.3 Å². The molecule has 0 aromatic heterocycles. The van der Waals surface area contributed by atoms with Gasteiger partial charge in [-0.15, -0.1) is 0 Å². The van der Waals surface area contributed by atoms with Crippen LogP contribution in [0.2, 0.25) is 5.02 Å². The minimum Gasteiger partial charge on any atom is -0.393 e. The van der Waals surface area contributed by atoms with Gasteiger partial charge in [0, 0.05) is 22.1 Å². The average molecular weight is 307 g/mol. The van der Waals surface area contributed by atoms with Gasteiger partial charge in [-0.05, 0) is 38.0 Å². The van der Waals surface area contributed by atoms with Gasteiger partial charge in [0.15, 0.2) is 0 Å². The first-order chi connectivity index (χ1) is 7.49. The van der Waals surface area contributed by atoms with Crippen LogP contribution in [0, 0.1) is 0 Å². The van der Waals surface area contributed by atoms with Crippen molar-refractivity contribution in [3.63, 3.8) is 0 Å². The zero-order valence-electron chi connectivity index (χ0n) is 9.50. The molecule has 1 aromatic rings. The Morgan fingerprint density at radius 3 is 2.69 bits per heavy atom. The van der Waals surface area contributed by atoms with Crippen molar-refractivity contribution in [2.45, 2.75) is 39.0 Å². The lowest BCUT2D eigenvalue weighted by molar-refractivity contribution is 0.170. The lowest BCUT2D eigenvalue weighted by Crippen LogP contribution is -2.28. The van der Waals surface area contributed by atoms with Crippen LogP contribution in [0.25, 0.3) is 0 Å². The van der Waals surface area contributed by atoms with E-state index in [0.717, 1.165) is 28.0 Å². The SMILES string of the molecule is CC(O)CC(C)NCc1ccc(Br)cc1Cl. The Labute approximate surface area is 110 Å². The Kier molecular flexibility index (Phi) is 5.76. The van der Waals surface area contributed by atoms with E-state index in [0.29, 0.717) is 0 Å². The summed E-state index contributed by atoms with van der Waals surface area (Å²) in [4.78, 5) is 0. The predicted octanol–water partition coefficient (Wildman–Crippen LogP) is 3.35. The predicted molar refractivity (Wildman–Crippen MR) is 71.8 cm³/mol. The lowest BCUT2D eigenvalue weighted by Gasteiger charge is -2.16. The molecule has 0 saturated carbocycles. The van der Waals surface area contributed by atoms with Gasteiger partial charge in [0.25, 0.3) is 0 Å². The molecule has 0 heterocycles. The van der Waals surface area contributed by atoms with Gasteiger partial charge in [-0.1, -0.05) is 33.6 Å². The second kappa shape index (κ2) is 6.60. The fourth-order valence-corrected chi connectivity index (χ4v) is 2.28. The van der Waals surface area contributed by atoms with E-state index in [2.05, 4.69) is 28.2 Å². The van der Waals surface area contributed by atoms with E-state index < -0.39 is 0 Å². The molecule has 0 aliphatic carbocycles. The Bertz CT molecular complexity index is 344.